The van der Waals surface area contributed by atoms with Crippen molar-refractivity contribution in [2.24, 2.45) is 4.99 Å². The summed E-state index contributed by atoms with van der Waals surface area (Å²) in [7, 11) is 3.46. The number of nitrogens with one attached hydrogen (secondary N) is 1. The highest BCUT2D eigenvalue weighted by atomic mass is 35.5. The van der Waals surface area contributed by atoms with Crippen molar-refractivity contribution in [3.63, 3.8) is 0 Å². The second-order valence-electron chi connectivity index (χ2n) is 6.29. The molecule has 1 saturated heterocycles. The summed E-state index contributed by atoms with van der Waals surface area (Å²) in [4.78, 5) is 7.47. The van der Waals surface area contributed by atoms with Crippen LogP contribution in [0.2, 0.25) is 4.34 Å². The fourth-order valence-corrected chi connectivity index (χ4v) is 4.28. The first-order chi connectivity index (χ1) is 12.6. The standard InChI is InChI=1S/C19H24ClN3O2S/c1-21-19(22-11-16(24)17-7-8-18(20)26-17)23-10-9-14(12-23)13-3-5-15(25-2)6-4-13/h3-8,14,16,24H,9-12H2,1-2H3,(H,21,22). The number of guanidine groups is 1. The monoisotopic (exact) mass is 393 g/mol. The maximum absolute atomic E-state index is 10.3. The van der Waals surface area contributed by atoms with Crippen LogP contribution in [0.5, 0.6) is 5.75 Å². The summed E-state index contributed by atoms with van der Waals surface area (Å²) in [6, 6.07) is 11.9. The number of aliphatic hydroxyl groups is 1. The molecule has 1 aliphatic heterocycles. The molecule has 2 unspecified atom stereocenters. The summed E-state index contributed by atoms with van der Waals surface area (Å²) in [5.41, 5.74) is 1.32. The second kappa shape index (κ2) is 8.75. The number of rotatable bonds is 5. The SMILES string of the molecule is CN=C(NCC(O)c1ccc(Cl)s1)N1CCC(c2ccc(OC)cc2)C1. The van der Waals surface area contributed by atoms with E-state index in [4.69, 9.17) is 16.3 Å². The zero-order valence-electron chi connectivity index (χ0n) is 15.0. The average molecular weight is 394 g/mol. The molecule has 1 aromatic carbocycles. The van der Waals surface area contributed by atoms with E-state index >= 15 is 0 Å². The Labute approximate surface area is 163 Å². The zero-order chi connectivity index (χ0) is 18.5. The number of aliphatic imine (C=N–C) groups is 1. The summed E-state index contributed by atoms with van der Waals surface area (Å²) >= 11 is 7.34. The normalized spacial score (nSPS) is 18.8. The van der Waals surface area contributed by atoms with E-state index < -0.39 is 6.10 Å². The van der Waals surface area contributed by atoms with Crippen molar-refractivity contribution in [3.05, 3.63) is 51.2 Å². The smallest absolute Gasteiger partial charge is 0.193 e. The van der Waals surface area contributed by atoms with Crippen LogP contribution in [-0.2, 0) is 0 Å². The van der Waals surface area contributed by atoms with Gasteiger partial charge in [-0.05, 0) is 36.2 Å². The highest BCUT2D eigenvalue weighted by molar-refractivity contribution is 7.16. The third-order valence-electron chi connectivity index (χ3n) is 4.66. The van der Waals surface area contributed by atoms with Crippen LogP contribution < -0.4 is 10.1 Å². The van der Waals surface area contributed by atoms with Gasteiger partial charge < -0.3 is 20.1 Å². The molecule has 1 fully saturated rings. The van der Waals surface area contributed by atoms with Gasteiger partial charge in [0.1, 0.15) is 11.9 Å². The lowest BCUT2D eigenvalue weighted by molar-refractivity contribution is 0.183. The molecule has 5 nitrogen and oxygen atoms in total. The number of halogens is 1. The lowest BCUT2D eigenvalue weighted by Gasteiger charge is -2.23. The van der Waals surface area contributed by atoms with Crippen LogP contribution in [0.3, 0.4) is 0 Å². The van der Waals surface area contributed by atoms with E-state index in [0.29, 0.717) is 16.8 Å². The fraction of sp³-hybridized carbons (Fsp3) is 0.421. The minimum atomic E-state index is -0.593. The van der Waals surface area contributed by atoms with Crippen molar-refractivity contribution in [1.82, 2.24) is 10.2 Å². The highest BCUT2D eigenvalue weighted by Crippen LogP contribution is 2.29. The van der Waals surface area contributed by atoms with Gasteiger partial charge in [-0.2, -0.15) is 0 Å². The van der Waals surface area contributed by atoms with Gasteiger partial charge in [0.25, 0.3) is 0 Å². The van der Waals surface area contributed by atoms with Crippen molar-refractivity contribution >= 4 is 28.9 Å². The minimum absolute atomic E-state index is 0.410. The van der Waals surface area contributed by atoms with Crippen LogP contribution in [-0.4, -0.2) is 49.8 Å². The molecule has 140 valence electrons. The van der Waals surface area contributed by atoms with Crippen molar-refractivity contribution in [3.8, 4) is 5.75 Å². The maximum Gasteiger partial charge on any atom is 0.193 e. The predicted octanol–water partition coefficient (Wildman–Crippen LogP) is 3.51. The molecule has 0 aliphatic carbocycles. The van der Waals surface area contributed by atoms with Gasteiger partial charge >= 0.3 is 0 Å². The summed E-state index contributed by atoms with van der Waals surface area (Å²) in [6.45, 7) is 2.26. The third-order valence-corrected chi connectivity index (χ3v) is 6.00. The lowest BCUT2D eigenvalue weighted by Crippen LogP contribution is -2.41. The molecule has 1 aromatic heterocycles. The Bertz CT molecular complexity index is 747. The molecular formula is C19H24ClN3O2S. The number of ether oxygens (including phenoxy) is 1. The van der Waals surface area contributed by atoms with E-state index in [0.717, 1.165) is 36.1 Å². The van der Waals surface area contributed by atoms with Crippen LogP contribution in [0.15, 0.2) is 41.4 Å². The molecule has 2 heterocycles. The molecule has 2 N–H and O–H groups in total. The Kier molecular flexibility index (Phi) is 6.40. The minimum Gasteiger partial charge on any atom is -0.497 e. The number of likely N-dealkylation sites (tertiary alicyclic amines) is 1. The number of hydrogen-bond donors (Lipinski definition) is 2. The van der Waals surface area contributed by atoms with Gasteiger partial charge in [-0.25, -0.2) is 0 Å². The molecule has 2 atom stereocenters. The van der Waals surface area contributed by atoms with Gasteiger partial charge in [0.15, 0.2) is 5.96 Å². The Morgan fingerprint density at radius 3 is 2.77 bits per heavy atom. The number of benzene rings is 1. The van der Waals surface area contributed by atoms with Gasteiger partial charge in [0, 0.05) is 37.5 Å². The molecule has 0 bridgehead atoms. The Balaban J connectivity index is 1.55. The Hall–Kier alpha value is -1.76. The first-order valence-corrected chi connectivity index (χ1v) is 9.83. The lowest BCUT2D eigenvalue weighted by atomic mass is 9.98. The molecule has 0 amide bonds. The van der Waals surface area contributed by atoms with Gasteiger partial charge in [-0.1, -0.05) is 23.7 Å². The summed E-state index contributed by atoms with van der Waals surface area (Å²) < 4.78 is 5.92. The second-order valence-corrected chi connectivity index (χ2v) is 8.04. The molecule has 2 aromatic rings. The number of thiophene rings is 1. The van der Waals surface area contributed by atoms with Crippen molar-refractivity contribution in [2.45, 2.75) is 18.4 Å². The van der Waals surface area contributed by atoms with E-state index in [2.05, 4.69) is 27.3 Å². The molecule has 26 heavy (non-hydrogen) atoms. The molecule has 7 heteroatoms. The molecular weight excluding hydrogens is 370 g/mol. The van der Waals surface area contributed by atoms with Crippen LogP contribution in [0.1, 0.15) is 28.9 Å². The quantitative estimate of drug-likeness (QED) is 0.603. The van der Waals surface area contributed by atoms with Crippen LogP contribution in [0.4, 0.5) is 0 Å². The van der Waals surface area contributed by atoms with Crippen molar-refractivity contribution in [1.29, 1.82) is 0 Å². The van der Waals surface area contributed by atoms with E-state index in [9.17, 15) is 5.11 Å². The van der Waals surface area contributed by atoms with Crippen molar-refractivity contribution in [2.75, 3.05) is 33.8 Å². The van der Waals surface area contributed by atoms with Crippen LogP contribution in [0, 0.1) is 0 Å². The molecule has 3 rings (SSSR count). The number of methoxy groups -OCH3 is 1. The third kappa shape index (κ3) is 4.50. The zero-order valence-corrected chi connectivity index (χ0v) is 16.6. The van der Waals surface area contributed by atoms with Gasteiger partial charge in [-0.3, -0.25) is 4.99 Å². The first-order valence-electron chi connectivity index (χ1n) is 8.63. The first kappa shape index (κ1) is 19.0. The summed E-state index contributed by atoms with van der Waals surface area (Å²) in [5, 5.41) is 13.6. The largest absolute Gasteiger partial charge is 0.497 e. The summed E-state index contributed by atoms with van der Waals surface area (Å²) in [6.07, 6.45) is 0.486. The number of hydrogen-bond acceptors (Lipinski definition) is 4. The van der Waals surface area contributed by atoms with Crippen LogP contribution >= 0.6 is 22.9 Å². The fourth-order valence-electron chi connectivity index (χ4n) is 3.23. The highest BCUT2D eigenvalue weighted by Gasteiger charge is 2.26. The average Bonchev–Trinajstić information content (AvgIpc) is 3.32. The molecule has 1 aliphatic rings. The van der Waals surface area contributed by atoms with Gasteiger partial charge in [0.05, 0.1) is 11.4 Å². The van der Waals surface area contributed by atoms with Crippen LogP contribution in [0.25, 0.3) is 0 Å². The topological polar surface area (TPSA) is 57.1 Å². The van der Waals surface area contributed by atoms with Gasteiger partial charge in [0.2, 0.25) is 0 Å². The van der Waals surface area contributed by atoms with E-state index in [-0.39, 0.29) is 0 Å². The molecule has 0 radical (unpaired) electrons. The van der Waals surface area contributed by atoms with Crippen molar-refractivity contribution < 1.29 is 9.84 Å². The van der Waals surface area contributed by atoms with E-state index in [1.54, 1.807) is 20.2 Å². The summed E-state index contributed by atoms with van der Waals surface area (Å²) in [5.74, 6) is 2.17. The Morgan fingerprint density at radius 1 is 1.38 bits per heavy atom. The maximum atomic E-state index is 10.3. The Morgan fingerprint density at radius 2 is 2.15 bits per heavy atom. The molecule has 0 spiro atoms. The van der Waals surface area contributed by atoms with Gasteiger partial charge in [-0.15, -0.1) is 11.3 Å². The van der Waals surface area contributed by atoms with E-state index in [1.807, 2.05) is 18.2 Å². The number of nitrogens with zero attached hydrogens (tertiary/aromatic N) is 2. The predicted molar refractivity (Wildman–Crippen MR) is 108 cm³/mol. The van der Waals surface area contributed by atoms with E-state index in [1.165, 1.54) is 16.9 Å². The molecule has 0 saturated carbocycles. The number of aliphatic hydroxyl groups excluding tert-OH is 1.